The van der Waals surface area contributed by atoms with Crippen LogP contribution in [0.5, 0.6) is 5.75 Å². The van der Waals surface area contributed by atoms with E-state index in [0.29, 0.717) is 18.2 Å². The Hall–Kier alpha value is -1.11. The minimum Gasteiger partial charge on any atom is -0.495 e. The smallest absolute Gasteiger partial charge is 0.244 e. The third kappa shape index (κ3) is 3.13. The van der Waals surface area contributed by atoms with Gasteiger partial charge in [0.05, 0.1) is 7.11 Å². The molecule has 0 atom stereocenters. The molecule has 1 aromatic rings. The predicted octanol–water partition coefficient (Wildman–Crippen LogP) is 1.62. The van der Waals surface area contributed by atoms with Gasteiger partial charge in [0.15, 0.2) is 0 Å². The highest BCUT2D eigenvalue weighted by molar-refractivity contribution is 7.89. The van der Waals surface area contributed by atoms with Crippen LogP contribution in [0, 0.1) is 5.92 Å². The molecule has 0 saturated heterocycles. The average Bonchev–Trinajstić information content (AvgIpc) is 3.21. The molecule has 0 heterocycles. The van der Waals surface area contributed by atoms with E-state index in [1.807, 2.05) is 13.8 Å². The molecule has 0 aliphatic heterocycles. The molecule has 20 heavy (non-hydrogen) atoms. The molecule has 112 valence electrons. The van der Waals surface area contributed by atoms with Gasteiger partial charge in [0, 0.05) is 12.1 Å². The summed E-state index contributed by atoms with van der Waals surface area (Å²) in [7, 11) is -2.15. The van der Waals surface area contributed by atoms with Crippen molar-refractivity contribution in [2.45, 2.75) is 43.7 Å². The summed E-state index contributed by atoms with van der Waals surface area (Å²) in [4.78, 5) is 0.158. The predicted molar refractivity (Wildman–Crippen MR) is 78.0 cm³/mol. The summed E-state index contributed by atoms with van der Waals surface area (Å²) in [5, 5.41) is 0. The monoisotopic (exact) mass is 298 g/mol. The topological polar surface area (TPSA) is 81.4 Å². The van der Waals surface area contributed by atoms with Gasteiger partial charge in [0.2, 0.25) is 10.0 Å². The Balaban J connectivity index is 2.33. The molecule has 0 unspecified atom stereocenters. The van der Waals surface area contributed by atoms with E-state index in [2.05, 4.69) is 4.72 Å². The fourth-order valence-electron chi connectivity index (χ4n) is 2.35. The summed E-state index contributed by atoms with van der Waals surface area (Å²) < 4.78 is 33.0. The Labute approximate surface area is 120 Å². The Bertz CT molecular complexity index is 592. The molecule has 1 aliphatic carbocycles. The molecule has 0 radical (unpaired) electrons. The van der Waals surface area contributed by atoms with Crippen molar-refractivity contribution in [2.24, 2.45) is 11.7 Å². The molecule has 0 spiro atoms. The summed E-state index contributed by atoms with van der Waals surface area (Å²) in [5.41, 5.74) is 5.96. The van der Waals surface area contributed by atoms with Gasteiger partial charge >= 0.3 is 0 Å². The number of nitrogens with one attached hydrogen (secondary N) is 1. The van der Waals surface area contributed by atoms with Crippen LogP contribution in [0.3, 0.4) is 0 Å². The summed E-state index contributed by atoms with van der Waals surface area (Å²) >= 11 is 0. The van der Waals surface area contributed by atoms with E-state index in [1.165, 1.54) is 7.11 Å². The number of hydrogen-bond donors (Lipinski definition) is 2. The Morgan fingerprint density at radius 3 is 2.55 bits per heavy atom. The molecule has 1 aliphatic rings. The van der Waals surface area contributed by atoms with Crippen LogP contribution >= 0.6 is 0 Å². The van der Waals surface area contributed by atoms with Crippen molar-refractivity contribution in [3.8, 4) is 5.75 Å². The molecule has 0 amide bonds. The van der Waals surface area contributed by atoms with E-state index in [9.17, 15) is 8.42 Å². The van der Waals surface area contributed by atoms with E-state index in [1.54, 1.807) is 18.2 Å². The van der Waals surface area contributed by atoms with Gasteiger partial charge in [-0.3, -0.25) is 0 Å². The molecule has 0 bridgehead atoms. The molecule has 5 nitrogen and oxygen atoms in total. The molecule has 0 aromatic heterocycles. The quantitative estimate of drug-likeness (QED) is 0.836. The fourth-order valence-corrected chi connectivity index (χ4v) is 3.97. The highest BCUT2D eigenvalue weighted by atomic mass is 32.2. The average molecular weight is 298 g/mol. The van der Waals surface area contributed by atoms with Crippen molar-refractivity contribution < 1.29 is 13.2 Å². The third-order valence-corrected chi connectivity index (χ3v) is 5.46. The molecule has 1 fully saturated rings. The number of methoxy groups -OCH3 is 1. The first-order valence-corrected chi connectivity index (χ1v) is 8.19. The van der Waals surface area contributed by atoms with Crippen LogP contribution in [0.2, 0.25) is 0 Å². The van der Waals surface area contributed by atoms with Crippen molar-refractivity contribution in [3.63, 3.8) is 0 Å². The maximum Gasteiger partial charge on any atom is 0.244 e. The van der Waals surface area contributed by atoms with E-state index >= 15 is 0 Å². The number of sulfonamides is 1. The summed E-state index contributed by atoms with van der Waals surface area (Å²) in [6.45, 7) is 4.18. The second-order valence-corrected chi connectivity index (χ2v) is 7.44. The van der Waals surface area contributed by atoms with Crippen LogP contribution in [-0.4, -0.2) is 21.1 Å². The van der Waals surface area contributed by atoms with Crippen LogP contribution in [0.15, 0.2) is 23.1 Å². The minimum absolute atomic E-state index is 0.158. The van der Waals surface area contributed by atoms with Crippen molar-refractivity contribution in [1.82, 2.24) is 4.72 Å². The normalized spacial score (nSPS) is 16.2. The van der Waals surface area contributed by atoms with Crippen LogP contribution in [0.25, 0.3) is 0 Å². The second-order valence-electron chi connectivity index (χ2n) is 5.79. The van der Waals surface area contributed by atoms with Gasteiger partial charge in [-0.2, -0.15) is 0 Å². The Morgan fingerprint density at radius 2 is 2.05 bits per heavy atom. The third-order valence-electron chi connectivity index (χ3n) is 3.75. The summed E-state index contributed by atoms with van der Waals surface area (Å²) in [6, 6.07) is 4.92. The first-order valence-electron chi connectivity index (χ1n) is 6.71. The maximum atomic E-state index is 12.5. The lowest BCUT2D eigenvalue weighted by molar-refractivity contribution is 0.389. The maximum absolute atomic E-state index is 12.5. The lowest BCUT2D eigenvalue weighted by Crippen LogP contribution is -2.45. The zero-order valence-electron chi connectivity index (χ0n) is 12.1. The van der Waals surface area contributed by atoms with Crippen molar-refractivity contribution in [2.75, 3.05) is 7.11 Å². The number of rotatable bonds is 6. The molecular weight excluding hydrogens is 276 g/mol. The largest absolute Gasteiger partial charge is 0.495 e. The van der Waals surface area contributed by atoms with E-state index in [4.69, 9.17) is 10.5 Å². The molecule has 3 N–H and O–H groups in total. The zero-order chi connectivity index (χ0) is 15.0. The van der Waals surface area contributed by atoms with E-state index in [-0.39, 0.29) is 4.90 Å². The van der Waals surface area contributed by atoms with E-state index in [0.717, 1.165) is 18.4 Å². The number of hydrogen-bond acceptors (Lipinski definition) is 4. The highest BCUT2D eigenvalue weighted by Gasteiger charge is 2.41. The lowest BCUT2D eigenvalue weighted by Gasteiger charge is -2.26. The first-order chi connectivity index (χ1) is 9.30. The highest BCUT2D eigenvalue weighted by Crippen LogP contribution is 2.40. The molecule has 6 heteroatoms. The van der Waals surface area contributed by atoms with Gasteiger partial charge in [-0.15, -0.1) is 0 Å². The van der Waals surface area contributed by atoms with Crippen LogP contribution in [0.1, 0.15) is 32.3 Å². The van der Waals surface area contributed by atoms with Gasteiger partial charge < -0.3 is 10.5 Å². The van der Waals surface area contributed by atoms with Crippen LogP contribution < -0.4 is 15.2 Å². The van der Waals surface area contributed by atoms with Crippen molar-refractivity contribution in [1.29, 1.82) is 0 Å². The van der Waals surface area contributed by atoms with Gasteiger partial charge in [0.25, 0.3) is 0 Å². The lowest BCUT2D eigenvalue weighted by atomic mass is 10.0. The summed E-state index contributed by atoms with van der Waals surface area (Å²) in [5.74, 6) is 0.735. The van der Waals surface area contributed by atoms with Gasteiger partial charge in [0.1, 0.15) is 10.6 Å². The number of ether oxygens (including phenoxy) is 1. The van der Waals surface area contributed by atoms with Crippen LogP contribution in [-0.2, 0) is 16.6 Å². The standard InChI is InChI=1S/C14H22N2O3S/c1-14(2,11-5-6-11)16-20(17,18)13-7-4-10(9-15)8-12(13)19-3/h4,7-8,11,16H,5-6,9,15H2,1-3H3. The number of nitrogens with two attached hydrogens (primary N) is 1. The van der Waals surface area contributed by atoms with E-state index < -0.39 is 15.6 Å². The molecule has 2 rings (SSSR count). The molecule has 1 saturated carbocycles. The van der Waals surface area contributed by atoms with Gasteiger partial charge in [-0.25, -0.2) is 13.1 Å². The SMILES string of the molecule is COc1cc(CN)ccc1S(=O)(=O)NC(C)(C)C1CC1. The molecule has 1 aromatic carbocycles. The zero-order valence-corrected chi connectivity index (χ0v) is 13.0. The first kappa shape index (κ1) is 15.3. The Kier molecular flexibility index (Phi) is 4.09. The Morgan fingerprint density at radius 1 is 1.40 bits per heavy atom. The fraction of sp³-hybridized carbons (Fsp3) is 0.571. The number of benzene rings is 1. The minimum atomic E-state index is -3.61. The second kappa shape index (κ2) is 5.35. The molecular formula is C14H22N2O3S. The van der Waals surface area contributed by atoms with Gasteiger partial charge in [-0.05, 0) is 50.3 Å². The summed E-state index contributed by atoms with van der Waals surface area (Å²) in [6.07, 6.45) is 2.14. The van der Waals surface area contributed by atoms with Gasteiger partial charge in [-0.1, -0.05) is 6.07 Å². The van der Waals surface area contributed by atoms with Crippen LogP contribution in [0.4, 0.5) is 0 Å². The van der Waals surface area contributed by atoms with Crippen molar-refractivity contribution in [3.05, 3.63) is 23.8 Å². The van der Waals surface area contributed by atoms with Crippen molar-refractivity contribution >= 4 is 10.0 Å².